The lowest BCUT2D eigenvalue weighted by molar-refractivity contribution is -0.938. The molecule has 3 heterocycles. The van der Waals surface area contributed by atoms with Crippen LogP contribution >= 0.6 is 0 Å². The molecule has 0 amide bonds. The van der Waals surface area contributed by atoms with Crippen LogP contribution in [0.25, 0.3) is 11.1 Å². The number of carbonyl (C=O) groups is 1. The SMILES string of the molecule is C.CC1(C(=O)OC2CC3C4O[C@@H]4[C@H](C2)[N+]3(C)C)c2ccccc2-c2ccccc21. The highest BCUT2D eigenvalue weighted by atomic mass is 16.6. The minimum absolute atomic E-state index is 0. The summed E-state index contributed by atoms with van der Waals surface area (Å²) in [6.07, 6.45) is 2.52. The maximum Gasteiger partial charge on any atom is 0.321 e. The Hall–Kier alpha value is -2.17. The predicted octanol–water partition coefficient (Wildman–Crippen LogP) is 3.91. The van der Waals surface area contributed by atoms with E-state index >= 15 is 0 Å². The number of benzene rings is 2. The third kappa shape index (κ3) is 2.30. The molecular formula is C25H30NO3+. The summed E-state index contributed by atoms with van der Waals surface area (Å²) in [4.78, 5) is 13.6. The first-order valence-electron chi connectivity index (χ1n) is 10.3. The first kappa shape index (κ1) is 18.8. The van der Waals surface area contributed by atoms with E-state index < -0.39 is 5.41 Å². The second kappa shape index (κ2) is 5.93. The van der Waals surface area contributed by atoms with Gasteiger partial charge in [0, 0.05) is 12.8 Å². The fourth-order valence-corrected chi connectivity index (χ4v) is 6.24. The van der Waals surface area contributed by atoms with Crippen molar-refractivity contribution in [1.82, 2.24) is 0 Å². The third-order valence-corrected chi connectivity index (χ3v) is 7.94. The van der Waals surface area contributed by atoms with Crippen molar-refractivity contribution in [3.63, 3.8) is 0 Å². The molecule has 0 saturated carbocycles. The number of esters is 1. The Kier molecular flexibility index (Phi) is 3.85. The van der Waals surface area contributed by atoms with Crippen molar-refractivity contribution in [2.45, 2.75) is 63.0 Å². The summed E-state index contributed by atoms with van der Waals surface area (Å²) in [5.41, 5.74) is 3.67. The van der Waals surface area contributed by atoms with E-state index in [2.05, 4.69) is 38.4 Å². The number of quaternary nitrogens is 1. The Morgan fingerprint density at radius 2 is 1.45 bits per heavy atom. The quantitative estimate of drug-likeness (QED) is 0.442. The van der Waals surface area contributed by atoms with Gasteiger partial charge in [-0.05, 0) is 29.2 Å². The lowest BCUT2D eigenvalue weighted by Gasteiger charge is -2.45. The molecule has 2 aromatic rings. The molecule has 1 aliphatic carbocycles. The van der Waals surface area contributed by atoms with E-state index in [9.17, 15) is 4.79 Å². The molecule has 4 aliphatic rings. The highest BCUT2D eigenvalue weighted by molar-refractivity contribution is 5.97. The van der Waals surface area contributed by atoms with Crippen molar-refractivity contribution in [3.05, 3.63) is 59.7 Å². The van der Waals surface area contributed by atoms with E-state index in [1.165, 1.54) is 0 Å². The summed E-state index contributed by atoms with van der Waals surface area (Å²) in [5.74, 6) is -0.115. The zero-order valence-corrected chi connectivity index (χ0v) is 16.6. The Bertz CT molecular complexity index is 932. The minimum atomic E-state index is -0.743. The maximum absolute atomic E-state index is 13.6. The number of nitrogens with zero attached hydrogens (tertiary/aromatic N) is 1. The molecule has 0 spiro atoms. The monoisotopic (exact) mass is 392 g/mol. The van der Waals surface area contributed by atoms with Gasteiger partial charge >= 0.3 is 5.97 Å². The smallest absolute Gasteiger partial charge is 0.321 e. The van der Waals surface area contributed by atoms with Crippen molar-refractivity contribution < 1.29 is 18.8 Å². The number of epoxide rings is 1. The Morgan fingerprint density at radius 1 is 0.966 bits per heavy atom. The van der Waals surface area contributed by atoms with Gasteiger partial charge in [0.25, 0.3) is 0 Å². The van der Waals surface area contributed by atoms with Gasteiger partial charge in [-0.15, -0.1) is 0 Å². The highest BCUT2D eigenvalue weighted by Crippen LogP contribution is 2.53. The molecule has 4 nitrogen and oxygen atoms in total. The van der Waals surface area contributed by atoms with Crippen molar-refractivity contribution in [3.8, 4) is 11.1 Å². The maximum atomic E-state index is 13.6. The Labute approximate surface area is 173 Å². The molecule has 4 heteroatoms. The van der Waals surface area contributed by atoms with Gasteiger partial charge < -0.3 is 14.0 Å². The molecule has 2 bridgehead atoms. The van der Waals surface area contributed by atoms with Gasteiger partial charge in [-0.2, -0.15) is 0 Å². The molecule has 3 fully saturated rings. The van der Waals surface area contributed by atoms with Crippen LogP contribution in [-0.4, -0.2) is 54.9 Å². The number of piperidine rings is 1. The van der Waals surface area contributed by atoms with Crippen molar-refractivity contribution in [2.24, 2.45) is 0 Å². The molecule has 152 valence electrons. The molecule has 0 N–H and O–H groups in total. The first-order chi connectivity index (χ1) is 13.4. The highest BCUT2D eigenvalue weighted by Gasteiger charge is 2.71. The molecule has 5 atom stereocenters. The van der Waals surface area contributed by atoms with Gasteiger partial charge in [0.05, 0.1) is 14.1 Å². The van der Waals surface area contributed by atoms with Gasteiger partial charge in [-0.25, -0.2) is 0 Å². The number of likely N-dealkylation sites (N-methyl/N-ethyl adjacent to an activating group) is 1. The third-order valence-electron chi connectivity index (χ3n) is 7.94. The van der Waals surface area contributed by atoms with Crippen LogP contribution in [0.5, 0.6) is 0 Å². The topological polar surface area (TPSA) is 38.8 Å². The summed E-state index contributed by atoms with van der Waals surface area (Å²) in [6.45, 7) is 2.03. The molecule has 3 unspecified atom stereocenters. The van der Waals surface area contributed by atoms with Crippen molar-refractivity contribution in [2.75, 3.05) is 14.1 Å². The number of morpholine rings is 1. The van der Waals surface area contributed by atoms with Crippen LogP contribution in [0.2, 0.25) is 0 Å². The van der Waals surface area contributed by atoms with Crippen LogP contribution in [-0.2, 0) is 19.7 Å². The molecule has 0 aromatic heterocycles. The van der Waals surface area contributed by atoms with E-state index in [0.29, 0.717) is 24.3 Å². The van der Waals surface area contributed by atoms with Crippen molar-refractivity contribution >= 4 is 5.97 Å². The number of fused-ring (bicyclic) bond motifs is 8. The Morgan fingerprint density at radius 3 is 1.97 bits per heavy atom. The van der Waals surface area contributed by atoms with E-state index in [-0.39, 0.29) is 19.5 Å². The standard InChI is InChI=1S/C24H26NO3.CH4/c1-24(17-10-6-4-8-15(17)16-9-5-7-11-18(16)24)23(26)27-14-12-19-21-22(28-21)20(13-14)25(19,2)3;/h4-11,14,19-22H,12-13H2,1-3H3;1H4/q+1;/t14?,19-,20?,21+,22?;/m0./s1. The first-order valence-corrected chi connectivity index (χ1v) is 10.3. The van der Waals surface area contributed by atoms with E-state index in [4.69, 9.17) is 9.47 Å². The number of rotatable bonds is 2. The molecule has 2 aromatic carbocycles. The fourth-order valence-electron chi connectivity index (χ4n) is 6.24. The molecule has 3 saturated heterocycles. The second-order valence-corrected chi connectivity index (χ2v) is 9.54. The minimum Gasteiger partial charge on any atom is -0.461 e. The van der Waals surface area contributed by atoms with E-state index in [0.717, 1.165) is 39.6 Å². The van der Waals surface area contributed by atoms with Crippen LogP contribution in [0, 0.1) is 0 Å². The summed E-state index contributed by atoms with van der Waals surface area (Å²) < 4.78 is 13.1. The number of ether oxygens (including phenoxy) is 2. The molecule has 3 aliphatic heterocycles. The molecule has 6 rings (SSSR count). The zero-order valence-electron chi connectivity index (χ0n) is 16.6. The van der Waals surface area contributed by atoms with Gasteiger partial charge in [-0.1, -0.05) is 56.0 Å². The summed E-state index contributed by atoms with van der Waals surface area (Å²) in [6, 6.07) is 17.4. The van der Waals surface area contributed by atoms with Crippen LogP contribution in [0.3, 0.4) is 0 Å². The zero-order chi connectivity index (χ0) is 19.3. The molecular weight excluding hydrogens is 362 g/mol. The van der Waals surface area contributed by atoms with Crippen LogP contribution in [0.1, 0.15) is 38.3 Å². The average Bonchev–Trinajstić information content (AvgIpc) is 3.40. The fraction of sp³-hybridized carbons (Fsp3) is 0.480. The van der Waals surface area contributed by atoms with Crippen LogP contribution in [0.15, 0.2) is 48.5 Å². The lowest BCUT2D eigenvalue weighted by Crippen LogP contribution is -2.60. The summed E-state index contributed by atoms with van der Waals surface area (Å²) in [5, 5.41) is 0. The van der Waals surface area contributed by atoms with E-state index in [1.807, 2.05) is 31.2 Å². The Balaban J connectivity index is 0.00000181. The summed E-state index contributed by atoms with van der Waals surface area (Å²) >= 11 is 0. The number of hydrogen-bond acceptors (Lipinski definition) is 3. The van der Waals surface area contributed by atoms with Gasteiger partial charge in [0.15, 0.2) is 0 Å². The second-order valence-electron chi connectivity index (χ2n) is 9.54. The average molecular weight is 393 g/mol. The molecule has 0 radical (unpaired) electrons. The predicted molar refractivity (Wildman–Crippen MR) is 113 cm³/mol. The van der Waals surface area contributed by atoms with E-state index in [1.54, 1.807) is 0 Å². The van der Waals surface area contributed by atoms with Crippen LogP contribution in [0.4, 0.5) is 0 Å². The van der Waals surface area contributed by atoms with Gasteiger partial charge in [-0.3, -0.25) is 4.79 Å². The number of hydrogen-bond donors (Lipinski definition) is 0. The summed E-state index contributed by atoms with van der Waals surface area (Å²) in [7, 11) is 4.60. The normalized spacial score (nSPS) is 33.7. The lowest BCUT2D eigenvalue weighted by atomic mass is 9.80. The van der Waals surface area contributed by atoms with Gasteiger partial charge in [0.2, 0.25) is 0 Å². The largest absolute Gasteiger partial charge is 0.461 e. The molecule has 29 heavy (non-hydrogen) atoms. The van der Waals surface area contributed by atoms with Gasteiger partial charge in [0.1, 0.15) is 35.8 Å². The van der Waals surface area contributed by atoms with Crippen molar-refractivity contribution in [1.29, 1.82) is 0 Å². The van der Waals surface area contributed by atoms with Crippen LogP contribution < -0.4 is 0 Å². The number of carbonyl (C=O) groups excluding carboxylic acids is 1.